The van der Waals surface area contributed by atoms with Crippen LogP contribution in [0.5, 0.6) is 5.75 Å². The number of para-hydroxylation sites is 1. The van der Waals surface area contributed by atoms with E-state index in [9.17, 15) is 9.59 Å². The average Bonchev–Trinajstić information content (AvgIpc) is 2.73. The summed E-state index contributed by atoms with van der Waals surface area (Å²) in [4.78, 5) is 23.5. The molecule has 0 unspecified atom stereocenters. The van der Waals surface area contributed by atoms with Crippen molar-refractivity contribution in [2.24, 2.45) is 0 Å². The molecule has 3 aromatic rings. The first-order chi connectivity index (χ1) is 14.1. The van der Waals surface area contributed by atoms with Crippen molar-refractivity contribution in [1.29, 1.82) is 0 Å². The Morgan fingerprint density at radius 2 is 1.66 bits per heavy atom. The lowest BCUT2D eigenvalue weighted by Crippen LogP contribution is -2.10. The highest BCUT2D eigenvalue weighted by Crippen LogP contribution is 2.20. The van der Waals surface area contributed by atoms with E-state index in [1.807, 2.05) is 54.6 Å². The molecule has 1 N–H and O–H groups in total. The lowest BCUT2D eigenvalue weighted by Gasteiger charge is -2.12. The summed E-state index contributed by atoms with van der Waals surface area (Å²) in [6, 6.07) is 24.4. The maximum atomic E-state index is 12.3. The smallest absolute Gasteiger partial charge is 0.338 e. The van der Waals surface area contributed by atoms with Crippen LogP contribution in [0.4, 0.5) is 5.69 Å². The van der Waals surface area contributed by atoms with Crippen molar-refractivity contribution in [2.45, 2.75) is 20.0 Å². The largest absolute Gasteiger partial charge is 0.489 e. The van der Waals surface area contributed by atoms with E-state index < -0.39 is 5.97 Å². The summed E-state index contributed by atoms with van der Waals surface area (Å²) in [6.45, 7) is 2.13. The summed E-state index contributed by atoms with van der Waals surface area (Å²) in [6.07, 6.45) is 0.544. The van der Waals surface area contributed by atoms with Crippen molar-refractivity contribution in [2.75, 3.05) is 11.9 Å². The van der Waals surface area contributed by atoms with Gasteiger partial charge < -0.3 is 14.8 Å². The van der Waals surface area contributed by atoms with Crippen molar-refractivity contribution in [1.82, 2.24) is 0 Å². The second-order valence-corrected chi connectivity index (χ2v) is 6.53. The Hall–Kier alpha value is -3.60. The molecule has 0 atom stereocenters. The molecule has 0 aliphatic heterocycles. The lowest BCUT2D eigenvalue weighted by atomic mass is 10.1. The second-order valence-electron chi connectivity index (χ2n) is 6.53. The topological polar surface area (TPSA) is 64.6 Å². The van der Waals surface area contributed by atoms with Crippen molar-refractivity contribution in [3.8, 4) is 5.75 Å². The van der Waals surface area contributed by atoms with Gasteiger partial charge in [0.25, 0.3) is 0 Å². The fraction of sp³-hybridized carbons (Fsp3) is 0.167. The van der Waals surface area contributed by atoms with Crippen LogP contribution in [-0.2, 0) is 22.6 Å². The number of hydrogen-bond donors (Lipinski definition) is 1. The van der Waals surface area contributed by atoms with Crippen LogP contribution in [0.3, 0.4) is 0 Å². The molecule has 0 heterocycles. The van der Waals surface area contributed by atoms with Gasteiger partial charge in [-0.05, 0) is 35.4 Å². The number of anilines is 1. The zero-order chi connectivity index (χ0) is 20.5. The molecule has 3 aromatic carbocycles. The number of ether oxygens (including phenoxy) is 2. The Labute approximate surface area is 170 Å². The molecule has 3 rings (SSSR count). The third kappa shape index (κ3) is 6.21. The summed E-state index contributed by atoms with van der Waals surface area (Å²) >= 11 is 0. The molecule has 0 aliphatic rings. The van der Waals surface area contributed by atoms with Crippen LogP contribution in [0.2, 0.25) is 0 Å². The molecule has 0 radical (unpaired) electrons. The van der Waals surface area contributed by atoms with Crippen LogP contribution >= 0.6 is 0 Å². The first kappa shape index (κ1) is 20.1. The van der Waals surface area contributed by atoms with Crippen LogP contribution in [-0.4, -0.2) is 18.5 Å². The molecule has 29 heavy (non-hydrogen) atoms. The lowest BCUT2D eigenvalue weighted by molar-refractivity contribution is -0.114. The maximum absolute atomic E-state index is 12.3. The summed E-state index contributed by atoms with van der Waals surface area (Å²) in [5.74, 6) is 0.155. The summed E-state index contributed by atoms with van der Waals surface area (Å²) < 4.78 is 11.3. The second kappa shape index (κ2) is 10.1. The molecule has 0 bridgehead atoms. The minimum Gasteiger partial charge on any atom is -0.489 e. The van der Waals surface area contributed by atoms with Gasteiger partial charge in [0.1, 0.15) is 12.4 Å². The Bertz CT molecular complexity index is 969. The van der Waals surface area contributed by atoms with E-state index in [1.165, 1.54) is 6.92 Å². The van der Waals surface area contributed by atoms with Gasteiger partial charge in [0.2, 0.25) is 5.91 Å². The van der Waals surface area contributed by atoms with E-state index in [0.29, 0.717) is 24.3 Å². The van der Waals surface area contributed by atoms with E-state index >= 15 is 0 Å². The SMILES string of the molecule is CC(=O)Nc1cccc(C(=O)OCCc2ccccc2OCc2ccccc2)c1. The maximum Gasteiger partial charge on any atom is 0.338 e. The van der Waals surface area contributed by atoms with Crippen molar-refractivity contribution >= 4 is 17.6 Å². The van der Waals surface area contributed by atoms with Crippen molar-refractivity contribution in [3.05, 3.63) is 95.6 Å². The number of benzene rings is 3. The molecule has 0 saturated heterocycles. The fourth-order valence-corrected chi connectivity index (χ4v) is 2.85. The van der Waals surface area contributed by atoms with E-state index in [2.05, 4.69) is 5.32 Å². The van der Waals surface area contributed by atoms with Gasteiger partial charge in [-0.15, -0.1) is 0 Å². The predicted molar refractivity (Wildman–Crippen MR) is 112 cm³/mol. The van der Waals surface area contributed by atoms with Crippen LogP contribution in [0, 0.1) is 0 Å². The third-order valence-corrected chi connectivity index (χ3v) is 4.23. The molecule has 0 aromatic heterocycles. The van der Waals surface area contributed by atoms with Gasteiger partial charge in [-0.2, -0.15) is 0 Å². The van der Waals surface area contributed by atoms with Crippen molar-refractivity contribution < 1.29 is 19.1 Å². The minimum absolute atomic E-state index is 0.192. The summed E-state index contributed by atoms with van der Waals surface area (Å²) in [7, 11) is 0. The first-order valence-electron chi connectivity index (χ1n) is 9.41. The van der Waals surface area contributed by atoms with Gasteiger partial charge in [-0.1, -0.05) is 54.6 Å². The highest BCUT2D eigenvalue weighted by molar-refractivity contribution is 5.93. The minimum atomic E-state index is -0.431. The molecular weight excluding hydrogens is 366 g/mol. The molecule has 5 heteroatoms. The molecule has 1 amide bonds. The van der Waals surface area contributed by atoms with Gasteiger partial charge in [-0.3, -0.25) is 4.79 Å². The zero-order valence-electron chi connectivity index (χ0n) is 16.3. The normalized spacial score (nSPS) is 10.2. The van der Waals surface area contributed by atoms with Crippen LogP contribution in [0.1, 0.15) is 28.4 Å². The molecule has 0 fully saturated rings. The Balaban J connectivity index is 1.55. The van der Waals surface area contributed by atoms with E-state index in [0.717, 1.165) is 16.9 Å². The highest BCUT2D eigenvalue weighted by Gasteiger charge is 2.10. The Kier molecular flexibility index (Phi) is 7.00. The van der Waals surface area contributed by atoms with E-state index in [-0.39, 0.29) is 12.5 Å². The average molecular weight is 389 g/mol. The summed E-state index contributed by atoms with van der Waals surface area (Å²) in [5.41, 5.74) is 3.02. The number of carbonyl (C=O) groups excluding carboxylic acids is 2. The number of rotatable bonds is 8. The zero-order valence-corrected chi connectivity index (χ0v) is 16.3. The van der Waals surface area contributed by atoms with Gasteiger partial charge in [0.05, 0.1) is 12.2 Å². The van der Waals surface area contributed by atoms with E-state index in [1.54, 1.807) is 24.3 Å². The monoisotopic (exact) mass is 389 g/mol. The Morgan fingerprint density at radius 3 is 2.45 bits per heavy atom. The van der Waals surface area contributed by atoms with Gasteiger partial charge in [0, 0.05) is 19.0 Å². The molecule has 5 nitrogen and oxygen atoms in total. The molecular formula is C24H23NO4. The quantitative estimate of drug-likeness (QED) is 0.571. The fourth-order valence-electron chi connectivity index (χ4n) is 2.85. The third-order valence-electron chi connectivity index (χ3n) is 4.23. The molecule has 0 aliphatic carbocycles. The predicted octanol–water partition coefficient (Wildman–Crippen LogP) is 4.62. The van der Waals surface area contributed by atoms with Gasteiger partial charge >= 0.3 is 5.97 Å². The number of nitrogens with one attached hydrogen (secondary N) is 1. The number of amides is 1. The highest BCUT2D eigenvalue weighted by atomic mass is 16.5. The molecule has 0 saturated carbocycles. The number of esters is 1. The number of carbonyl (C=O) groups is 2. The summed E-state index contributed by atoms with van der Waals surface area (Å²) in [5, 5.41) is 2.65. The van der Waals surface area contributed by atoms with Gasteiger partial charge in [0.15, 0.2) is 0 Å². The molecule has 0 spiro atoms. The van der Waals surface area contributed by atoms with Crippen LogP contribution < -0.4 is 10.1 Å². The van der Waals surface area contributed by atoms with Gasteiger partial charge in [-0.25, -0.2) is 4.79 Å². The van der Waals surface area contributed by atoms with Crippen LogP contribution in [0.15, 0.2) is 78.9 Å². The standard InChI is InChI=1S/C24H23NO4/c1-18(26)25-22-12-7-11-21(16-22)24(27)28-15-14-20-10-5-6-13-23(20)29-17-19-8-3-2-4-9-19/h2-13,16H,14-15,17H2,1H3,(H,25,26). The van der Waals surface area contributed by atoms with E-state index in [4.69, 9.17) is 9.47 Å². The first-order valence-corrected chi connectivity index (χ1v) is 9.41. The van der Waals surface area contributed by atoms with Crippen LogP contribution in [0.25, 0.3) is 0 Å². The molecule has 148 valence electrons. The number of hydrogen-bond acceptors (Lipinski definition) is 4. The Morgan fingerprint density at radius 1 is 0.897 bits per heavy atom. The van der Waals surface area contributed by atoms with Crippen molar-refractivity contribution in [3.63, 3.8) is 0 Å².